The SMILES string of the molecule is CC(Oc1ccccc1)C(=O)O[NH+]=C(N)c1ccc(I)cc1. The molecule has 0 aliphatic heterocycles. The molecule has 1 atom stereocenters. The highest BCUT2D eigenvalue weighted by atomic mass is 127. The fourth-order valence-electron chi connectivity index (χ4n) is 1.63. The average Bonchev–Trinajstić information content (AvgIpc) is 2.53. The number of benzene rings is 2. The van der Waals surface area contributed by atoms with Gasteiger partial charge in [0, 0.05) is 3.57 Å². The van der Waals surface area contributed by atoms with E-state index in [1.807, 2.05) is 42.5 Å². The Labute approximate surface area is 142 Å². The summed E-state index contributed by atoms with van der Waals surface area (Å²) in [4.78, 5) is 16.8. The summed E-state index contributed by atoms with van der Waals surface area (Å²) in [5.41, 5.74) is 6.57. The maximum atomic E-state index is 11.9. The van der Waals surface area contributed by atoms with Crippen LogP contribution in [0.1, 0.15) is 12.5 Å². The number of amidine groups is 1. The number of nitrogens with two attached hydrogens (primary N) is 1. The van der Waals surface area contributed by atoms with Gasteiger partial charge in [0.15, 0.2) is 6.10 Å². The number of hydrogen-bond donors (Lipinski definition) is 2. The van der Waals surface area contributed by atoms with Crippen LogP contribution in [0.3, 0.4) is 0 Å². The van der Waals surface area contributed by atoms with Crippen molar-refractivity contribution in [1.82, 2.24) is 0 Å². The van der Waals surface area contributed by atoms with Gasteiger partial charge in [-0.05, 0) is 65.9 Å². The fourth-order valence-corrected chi connectivity index (χ4v) is 1.99. The van der Waals surface area contributed by atoms with Crippen molar-refractivity contribution < 1.29 is 19.5 Å². The van der Waals surface area contributed by atoms with Crippen molar-refractivity contribution in [3.63, 3.8) is 0 Å². The number of hydrogen-bond acceptors (Lipinski definition) is 3. The maximum Gasteiger partial charge on any atom is 0.396 e. The van der Waals surface area contributed by atoms with E-state index in [9.17, 15) is 4.79 Å². The van der Waals surface area contributed by atoms with Crippen LogP contribution in [-0.2, 0) is 9.63 Å². The van der Waals surface area contributed by atoms with E-state index in [0.717, 1.165) is 9.13 Å². The molecule has 1 unspecified atom stereocenters. The molecule has 114 valence electrons. The van der Waals surface area contributed by atoms with Gasteiger partial charge in [0.1, 0.15) is 5.75 Å². The van der Waals surface area contributed by atoms with Gasteiger partial charge in [-0.2, -0.15) is 0 Å². The number of nitrogen functional groups attached to an aromatic ring is 1. The zero-order chi connectivity index (χ0) is 15.9. The molecule has 22 heavy (non-hydrogen) atoms. The Morgan fingerprint density at radius 2 is 1.77 bits per heavy atom. The molecule has 0 saturated carbocycles. The largest absolute Gasteiger partial charge is 0.479 e. The van der Waals surface area contributed by atoms with Gasteiger partial charge in [-0.25, -0.2) is 4.79 Å². The van der Waals surface area contributed by atoms with Crippen LogP contribution in [0.2, 0.25) is 0 Å². The third-order valence-electron chi connectivity index (χ3n) is 2.80. The van der Waals surface area contributed by atoms with Crippen LogP contribution in [0.4, 0.5) is 0 Å². The van der Waals surface area contributed by atoms with Gasteiger partial charge >= 0.3 is 11.8 Å². The Bertz CT molecular complexity index is 657. The van der Waals surface area contributed by atoms with E-state index in [4.69, 9.17) is 15.3 Å². The highest BCUT2D eigenvalue weighted by Crippen LogP contribution is 2.10. The second-order valence-electron chi connectivity index (χ2n) is 4.52. The molecule has 0 aliphatic rings. The Hall–Kier alpha value is -2.09. The second-order valence-corrected chi connectivity index (χ2v) is 5.76. The molecule has 5 nitrogen and oxygen atoms in total. The zero-order valence-electron chi connectivity index (χ0n) is 12.0. The summed E-state index contributed by atoms with van der Waals surface area (Å²) in [6.45, 7) is 1.61. The summed E-state index contributed by atoms with van der Waals surface area (Å²) in [5, 5.41) is 2.45. The van der Waals surface area contributed by atoms with Crippen molar-refractivity contribution in [3.05, 3.63) is 63.7 Å². The number of carbonyl (C=O) groups excluding carboxylic acids is 1. The van der Waals surface area contributed by atoms with E-state index in [2.05, 4.69) is 27.7 Å². The molecule has 0 bridgehead atoms. The second kappa shape index (κ2) is 7.79. The molecule has 0 heterocycles. The summed E-state index contributed by atoms with van der Waals surface area (Å²) in [5.74, 6) is 0.301. The Kier molecular flexibility index (Phi) is 5.76. The summed E-state index contributed by atoms with van der Waals surface area (Å²) in [7, 11) is 0. The van der Waals surface area contributed by atoms with E-state index in [1.165, 1.54) is 0 Å². The molecule has 6 heteroatoms. The highest BCUT2D eigenvalue weighted by molar-refractivity contribution is 14.1. The quantitative estimate of drug-likeness (QED) is 0.253. The molecule has 0 saturated heterocycles. The monoisotopic (exact) mass is 411 g/mol. The van der Waals surface area contributed by atoms with Crippen LogP contribution in [0.5, 0.6) is 5.75 Å². The Balaban J connectivity index is 1.93. The first-order valence-electron chi connectivity index (χ1n) is 6.63. The predicted octanol–water partition coefficient (Wildman–Crippen LogP) is 1.00. The lowest BCUT2D eigenvalue weighted by Gasteiger charge is -2.10. The predicted molar refractivity (Wildman–Crippen MR) is 91.0 cm³/mol. The summed E-state index contributed by atoms with van der Waals surface area (Å²) < 4.78 is 6.56. The molecule has 0 spiro atoms. The van der Waals surface area contributed by atoms with Crippen molar-refractivity contribution in [2.75, 3.05) is 0 Å². The molecule has 0 aromatic heterocycles. The summed E-state index contributed by atoms with van der Waals surface area (Å²) >= 11 is 2.20. The topological polar surface area (TPSA) is 75.5 Å². The van der Waals surface area contributed by atoms with E-state index in [1.54, 1.807) is 19.1 Å². The molecule has 2 aromatic rings. The lowest BCUT2D eigenvalue weighted by Crippen LogP contribution is -2.76. The van der Waals surface area contributed by atoms with Gasteiger partial charge in [-0.1, -0.05) is 23.4 Å². The van der Waals surface area contributed by atoms with Crippen molar-refractivity contribution in [2.24, 2.45) is 5.73 Å². The van der Waals surface area contributed by atoms with E-state index in [0.29, 0.717) is 5.75 Å². The van der Waals surface area contributed by atoms with Crippen LogP contribution in [-0.4, -0.2) is 17.9 Å². The van der Waals surface area contributed by atoms with Gasteiger partial charge in [-0.15, -0.1) is 0 Å². The number of nitrogens with one attached hydrogen (secondary N) is 1. The molecule has 3 N–H and O–H groups in total. The fraction of sp³-hybridized carbons (Fsp3) is 0.125. The number of carbonyl (C=O) groups is 1. The highest BCUT2D eigenvalue weighted by Gasteiger charge is 2.18. The van der Waals surface area contributed by atoms with Gasteiger partial charge in [-0.3, -0.25) is 10.6 Å². The van der Waals surface area contributed by atoms with Crippen LogP contribution >= 0.6 is 22.6 Å². The molecule has 2 aromatic carbocycles. The van der Waals surface area contributed by atoms with Gasteiger partial charge in [0.25, 0.3) is 0 Å². The third kappa shape index (κ3) is 4.73. The number of ether oxygens (including phenoxy) is 1. The van der Waals surface area contributed by atoms with E-state index in [-0.39, 0.29) is 5.84 Å². The van der Waals surface area contributed by atoms with Crippen molar-refractivity contribution in [2.45, 2.75) is 13.0 Å². The van der Waals surface area contributed by atoms with Crippen LogP contribution in [0, 0.1) is 3.57 Å². The standard InChI is InChI=1S/C16H15IN2O3/c1-11(21-14-5-3-2-4-6-14)16(20)22-19-15(18)12-7-9-13(17)10-8-12/h2-11H,1H3,(H2,18,19)/p+1. The first kappa shape index (κ1) is 16.3. The van der Waals surface area contributed by atoms with Gasteiger partial charge in [0.2, 0.25) is 0 Å². The van der Waals surface area contributed by atoms with E-state index >= 15 is 0 Å². The molecule has 0 amide bonds. The lowest BCUT2D eigenvalue weighted by molar-refractivity contribution is -0.724. The number of rotatable bonds is 5. The number of halogens is 1. The van der Waals surface area contributed by atoms with Gasteiger partial charge < -0.3 is 4.74 Å². The minimum absolute atomic E-state index is 0.261. The van der Waals surface area contributed by atoms with Gasteiger partial charge in [0.05, 0.1) is 5.56 Å². The Morgan fingerprint density at radius 1 is 1.14 bits per heavy atom. The van der Waals surface area contributed by atoms with E-state index < -0.39 is 12.1 Å². The smallest absolute Gasteiger partial charge is 0.396 e. The molecule has 2 rings (SSSR count). The molecular weight excluding hydrogens is 395 g/mol. The Morgan fingerprint density at radius 3 is 2.41 bits per heavy atom. The minimum atomic E-state index is -0.751. The first-order chi connectivity index (χ1) is 10.6. The normalized spacial score (nSPS) is 12.5. The molecule has 0 aliphatic carbocycles. The molecule has 0 fully saturated rings. The summed E-state index contributed by atoms with van der Waals surface area (Å²) in [6.07, 6.45) is -0.751. The first-order valence-corrected chi connectivity index (χ1v) is 7.71. The van der Waals surface area contributed by atoms with Crippen molar-refractivity contribution in [1.29, 1.82) is 0 Å². The maximum absolute atomic E-state index is 11.9. The molecular formula is C16H16IN2O3+. The van der Waals surface area contributed by atoms with Crippen LogP contribution in [0.25, 0.3) is 0 Å². The minimum Gasteiger partial charge on any atom is -0.479 e. The van der Waals surface area contributed by atoms with Crippen LogP contribution in [0.15, 0.2) is 54.6 Å². The van der Waals surface area contributed by atoms with Crippen molar-refractivity contribution in [3.8, 4) is 5.75 Å². The zero-order valence-corrected chi connectivity index (χ0v) is 14.1. The molecule has 0 radical (unpaired) electrons. The lowest BCUT2D eigenvalue weighted by atomic mass is 10.2. The number of para-hydroxylation sites is 1. The van der Waals surface area contributed by atoms with Crippen LogP contribution < -0.4 is 15.6 Å². The summed E-state index contributed by atoms with van der Waals surface area (Å²) in [6, 6.07) is 16.5. The third-order valence-corrected chi connectivity index (χ3v) is 3.52. The average molecular weight is 411 g/mol. The van der Waals surface area contributed by atoms with Crippen molar-refractivity contribution >= 4 is 34.4 Å².